The van der Waals surface area contributed by atoms with Gasteiger partial charge in [-0.2, -0.15) is 0 Å². The fourth-order valence-corrected chi connectivity index (χ4v) is 4.24. The number of anilines is 1. The molecule has 0 radical (unpaired) electrons. The lowest BCUT2D eigenvalue weighted by Gasteiger charge is -2.31. The molecule has 4 rings (SSSR count). The van der Waals surface area contributed by atoms with Crippen LogP contribution in [0.5, 0.6) is 0 Å². The van der Waals surface area contributed by atoms with Crippen LogP contribution >= 0.6 is 11.3 Å². The number of aryl methyl sites for hydroxylation is 1. The monoisotopic (exact) mass is 392 g/mol. The Labute approximate surface area is 169 Å². The minimum absolute atomic E-state index is 0.0401. The molecule has 1 aromatic heterocycles. The lowest BCUT2D eigenvalue weighted by molar-refractivity contribution is -0.121. The molecule has 5 nitrogen and oxygen atoms in total. The SMILES string of the molecule is Cc1ccc(CN2CCC(C(=O)Nc3nnc(-c4ccccc4)s3)CC2)cc1. The van der Waals surface area contributed by atoms with Gasteiger partial charge in [0.05, 0.1) is 0 Å². The first-order valence-electron chi connectivity index (χ1n) is 9.65. The van der Waals surface area contributed by atoms with Gasteiger partial charge in [0, 0.05) is 18.0 Å². The zero-order valence-corrected chi connectivity index (χ0v) is 16.8. The van der Waals surface area contributed by atoms with E-state index < -0.39 is 0 Å². The number of hydrogen-bond acceptors (Lipinski definition) is 5. The minimum Gasteiger partial charge on any atom is -0.300 e. The Hall–Kier alpha value is -2.57. The zero-order chi connectivity index (χ0) is 19.3. The Morgan fingerprint density at radius 3 is 2.50 bits per heavy atom. The van der Waals surface area contributed by atoms with Crippen LogP contribution in [0.2, 0.25) is 0 Å². The number of hydrogen-bond donors (Lipinski definition) is 1. The summed E-state index contributed by atoms with van der Waals surface area (Å²) in [6.45, 7) is 4.94. The highest BCUT2D eigenvalue weighted by Gasteiger charge is 2.25. The Balaban J connectivity index is 1.28. The van der Waals surface area contributed by atoms with Gasteiger partial charge in [0.15, 0.2) is 0 Å². The molecule has 0 unspecified atom stereocenters. The lowest BCUT2D eigenvalue weighted by atomic mass is 9.95. The van der Waals surface area contributed by atoms with Crippen LogP contribution in [0.15, 0.2) is 54.6 Å². The van der Waals surface area contributed by atoms with Crippen molar-refractivity contribution >= 4 is 22.4 Å². The first kappa shape index (κ1) is 18.8. The van der Waals surface area contributed by atoms with E-state index in [-0.39, 0.29) is 11.8 Å². The first-order valence-corrected chi connectivity index (χ1v) is 10.5. The van der Waals surface area contributed by atoms with Crippen molar-refractivity contribution < 1.29 is 4.79 Å². The average molecular weight is 393 g/mol. The van der Waals surface area contributed by atoms with Crippen molar-refractivity contribution in [3.05, 3.63) is 65.7 Å². The highest BCUT2D eigenvalue weighted by molar-refractivity contribution is 7.18. The Morgan fingerprint density at radius 1 is 1.07 bits per heavy atom. The Bertz CT molecular complexity index is 915. The molecule has 6 heteroatoms. The molecule has 1 amide bonds. The third-order valence-electron chi connectivity index (χ3n) is 5.16. The second-order valence-corrected chi connectivity index (χ2v) is 8.28. The highest BCUT2D eigenvalue weighted by Crippen LogP contribution is 2.27. The molecule has 0 aliphatic carbocycles. The molecule has 2 heterocycles. The second kappa shape index (κ2) is 8.63. The summed E-state index contributed by atoms with van der Waals surface area (Å²) in [5.74, 6) is 0.101. The number of benzene rings is 2. The van der Waals surface area contributed by atoms with Gasteiger partial charge in [-0.1, -0.05) is 71.5 Å². The fourth-order valence-electron chi connectivity index (χ4n) is 3.48. The summed E-state index contributed by atoms with van der Waals surface area (Å²) in [6, 6.07) is 18.6. The van der Waals surface area contributed by atoms with Crippen molar-refractivity contribution in [2.75, 3.05) is 18.4 Å². The van der Waals surface area contributed by atoms with Crippen LogP contribution in [-0.2, 0) is 11.3 Å². The summed E-state index contributed by atoms with van der Waals surface area (Å²) in [6.07, 6.45) is 1.75. The molecule has 0 atom stereocenters. The Kier molecular flexibility index (Phi) is 5.78. The van der Waals surface area contributed by atoms with E-state index in [0.29, 0.717) is 5.13 Å². The van der Waals surface area contributed by atoms with E-state index in [1.807, 2.05) is 30.3 Å². The summed E-state index contributed by atoms with van der Waals surface area (Å²) < 4.78 is 0. The lowest BCUT2D eigenvalue weighted by Crippen LogP contribution is -2.37. The summed E-state index contributed by atoms with van der Waals surface area (Å²) in [4.78, 5) is 15.0. The van der Waals surface area contributed by atoms with Gasteiger partial charge in [0.2, 0.25) is 11.0 Å². The maximum atomic E-state index is 12.6. The van der Waals surface area contributed by atoms with Crippen molar-refractivity contribution in [1.29, 1.82) is 0 Å². The maximum Gasteiger partial charge on any atom is 0.229 e. The maximum absolute atomic E-state index is 12.6. The summed E-state index contributed by atoms with van der Waals surface area (Å²) in [5, 5.41) is 12.7. The standard InChI is InChI=1S/C22H24N4OS/c1-16-7-9-17(10-8-16)15-26-13-11-18(12-14-26)20(27)23-22-25-24-21(28-22)19-5-3-2-4-6-19/h2-10,18H,11-15H2,1H3,(H,23,25,27). The van der Waals surface area contributed by atoms with E-state index in [1.54, 1.807) is 0 Å². The highest BCUT2D eigenvalue weighted by atomic mass is 32.1. The van der Waals surface area contributed by atoms with Gasteiger partial charge in [-0.3, -0.25) is 9.69 Å². The van der Waals surface area contributed by atoms with Crippen LogP contribution in [0.3, 0.4) is 0 Å². The minimum atomic E-state index is 0.0401. The van der Waals surface area contributed by atoms with Crippen molar-refractivity contribution in [3.8, 4) is 10.6 Å². The number of rotatable bonds is 5. The molecular formula is C22H24N4OS. The molecule has 1 saturated heterocycles. The van der Waals surface area contributed by atoms with Crippen LogP contribution in [-0.4, -0.2) is 34.1 Å². The van der Waals surface area contributed by atoms with E-state index >= 15 is 0 Å². The predicted molar refractivity (Wildman–Crippen MR) is 113 cm³/mol. The molecule has 144 valence electrons. The quantitative estimate of drug-likeness (QED) is 0.701. The molecule has 0 bridgehead atoms. The van der Waals surface area contributed by atoms with Crippen molar-refractivity contribution in [2.24, 2.45) is 5.92 Å². The van der Waals surface area contributed by atoms with Crippen LogP contribution < -0.4 is 5.32 Å². The number of likely N-dealkylation sites (tertiary alicyclic amines) is 1. The largest absolute Gasteiger partial charge is 0.300 e. The molecule has 3 aromatic rings. The van der Waals surface area contributed by atoms with E-state index in [9.17, 15) is 4.79 Å². The second-order valence-electron chi connectivity index (χ2n) is 7.30. The van der Waals surface area contributed by atoms with Gasteiger partial charge in [-0.25, -0.2) is 0 Å². The Morgan fingerprint density at radius 2 is 1.79 bits per heavy atom. The van der Waals surface area contributed by atoms with Gasteiger partial charge in [-0.05, 0) is 38.4 Å². The van der Waals surface area contributed by atoms with Crippen LogP contribution in [0.1, 0.15) is 24.0 Å². The average Bonchev–Trinajstić information content (AvgIpc) is 3.19. The molecule has 2 aromatic carbocycles. The van der Waals surface area contributed by atoms with Gasteiger partial charge >= 0.3 is 0 Å². The molecule has 1 N–H and O–H groups in total. The molecular weight excluding hydrogens is 368 g/mol. The predicted octanol–water partition coefficient (Wildman–Crippen LogP) is 4.36. The molecule has 1 aliphatic heterocycles. The van der Waals surface area contributed by atoms with Gasteiger partial charge < -0.3 is 5.32 Å². The van der Waals surface area contributed by atoms with Gasteiger partial charge in [-0.15, -0.1) is 10.2 Å². The molecule has 0 saturated carbocycles. The normalized spacial score (nSPS) is 15.5. The number of aromatic nitrogens is 2. The zero-order valence-electron chi connectivity index (χ0n) is 16.0. The van der Waals surface area contributed by atoms with Gasteiger partial charge in [0.25, 0.3) is 0 Å². The third-order valence-corrected chi connectivity index (χ3v) is 6.05. The number of carbonyl (C=O) groups is 1. The summed E-state index contributed by atoms with van der Waals surface area (Å²) in [7, 11) is 0. The van der Waals surface area contributed by atoms with E-state index in [4.69, 9.17) is 0 Å². The summed E-state index contributed by atoms with van der Waals surface area (Å²) >= 11 is 1.42. The van der Waals surface area contributed by atoms with Gasteiger partial charge in [0.1, 0.15) is 5.01 Å². The van der Waals surface area contributed by atoms with E-state index in [1.165, 1.54) is 22.5 Å². The first-order chi connectivity index (χ1) is 13.7. The number of piperidine rings is 1. The van der Waals surface area contributed by atoms with E-state index in [0.717, 1.165) is 43.0 Å². The van der Waals surface area contributed by atoms with Crippen LogP contribution in [0.25, 0.3) is 10.6 Å². The third kappa shape index (κ3) is 4.64. The van der Waals surface area contributed by atoms with Crippen molar-refractivity contribution in [1.82, 2.24) is 15.1 Å². The van der Waals surface area contributed by atoms with Crippen molar-refractivity contribution in [2.45, 2.75) is 26.3 Å². The van der Waals surface area contributed by atoms with E-state index in [2.05, 4.69) is 51.6 Å². The summed E-state index contributed by atoms with van der Waals surface area (Å²) in [5.41, 5.74) is 3.63. The topological polar surface area (TPSA) is 58.1 Å². The molecule has 1 fully saturated rings. The molecule has 0 spiro atoms. The number of nitrogens with one attached hydrogen (secondary N) is 1. The fraction of sp³-hybridized carbons (Fsp3) is 0.318. The smallest absolute Gasteiger partial charge is 0.229 e. The molecule has 1 aliphatic rings. The number of nitrogens with zero attached hydrogens (tertiary/aromatic N) is 3. The number of amides is 1. The number of carbonyl (C=O) groups excluding carboxylic acids is 1. The van der Waals surface area contributed by atoms with Crippen LogP contribution in [0.4, 0.5) is 5.13 Å². The van der Waals surface area contributed by atoms with Crippen molar-refractivity contribution in [3.63, 3.8) is 0 Å². The molecule has 28 heavy (non-hydrogen) atoms. The van der Waals surface area contributed by atoms with Crippen LogP contribution in [0, 0.1) is 12.8 Å².